The molecular formula is C25H23NO3S. The number of imide groups is 1. The highest BCUT2D eigenvalue weighted by atomic mass is 32.1. The molecule has 0 unspecified atom stereocenters. The second-order valence-corrected chi connectivity index (χ2v) is 8.43. The van der Waals surface area contributed by atoms with Crippen molar-refractivity contribution in [3.05, 3.63) is 76.2 Å². The van der Waals surface area contributed by atoms with Crippen molar-refractivity contribution in [1.82, 2.24) is 4.90 Å². The van der Waals surface area contributed by atoms with Crippen LogP contribution in [0.5, 0.6) is 5.75 Å². The maximum Gasteiger partial charge on any atom is 0.261 e. The fourth-order valence-corrected chi connectivity index (χ4v) is 4.72. The third-order valence-electron chi connectivity index (χ3n) is 5.41. The van der Waals surface area contributed by atoms with E-state index in [1.807, 2.05) is 62.4 Å². The number of thiophene rings is 1. The standard InChI is InChI=1S/C25H23NO3S/c1-16-13-18(14-21(29-3)17(16)2)10-11-24(27)26-12-6-8-20(25(26)28)23-15-19-7-4-5-9-22(19)30-23/h4-5,7-11,13-15H,6,12H2,1-3H3/b11-10+. The van der Waals surface area contributed by atoms with Gasteiger partial charge >= 0.3 is 0 Å². The summed E-state index contributed by atoms with van der Waals surface area (Å²) in [6.07, 6.45) is 5.80. The quantitative estimate of drug-likeness (QED) is 0.535. The van der Waals surface area contributed by atoms with Crippen LogP contribution in [0.15, 0.2) is 54.6 Å². The van der Waals surface area contributed by atoms with Crippen molar-refractivity contribution < 1.29 is 14.3 Å². The maximum atomic E-state index is 13.0. The fourth-order valence-electron chi connectivity index (χ4n) is 3.62. The van der Waals surface area contributed by atoms with Crippen molar-refractivity contribution >= 4 is 44.9 Å². The summed E-state index contributed by atoms with van der Waals surface area (Å²) in [6.45, 7) is 4.40. The van der Waals surface area contributed by atoms with Gasteiger partial charge in [-0.3, -0.25) is 14.5 Å². The number of ether oxygens (including phenoxy) is 1. The Hall–Kier alpha value is -3.18. The minimum absolute atomic E-state index is 0.236. The van der Waals surface area contributed by atoms with E-state index in [1.165, 1.54) is 11.0 Å². The zero-order valence-corrected chi connectivity index (χ0v) is 18.1. The minimum atomic E-state index is -0.302. The number of benzene rings is 2. The summed E-state index contributed by atoms with van der Waals surface area (Å²) in [5, 5.41) is 1.11. The Balaban J connectivity index is 1.55. The van der Waals surface area contributed by atoms with Crippen molar-refractivity contribution in [3.8, 4) is 5.75 Å². The van der Waals surface area contributed by atoms with Crippen molar-refractivity contribution in [2.45, 2.75) is 20.3 Å². The van der Waals surface area contributed by atoms with Gasteiger partial charge in [-0.05, 0) is 66.6 Å². The number of hydrogen-bond donors (Lipinski definition) is 0. The van der Waals surface area contributed by atoms with Crippen LogP contribution in [0.1, 0.15) is 28.0 Å². The molecular weight excluding hydrogens is 394 g/mol. The normalized spacial score (nSPS) is 14.4. The molecule has 1 aliphatic rings. The van der Waals surface area contributed by atoms with Gasteiger partial charge in [-0.1, -0.05) is 30.3 Å². The smallest absolute Gasteiger partial charge is 0.261 e. The van der Waals surface area contributed by atoms with Crippen LogP contribution in [0.4, 0.5) is 0 Å². The number of fused-ring (bicyclic) bond motifs is 1. The summed E-state index contributed by atoms with van der Waals surface area (Å²) in [5.74, 6) is 0.246. The molecule has 2 aromatic carbocycles. The van der Waals surface area contributed by atoms with Gasteiger partial charge in [0.15, 0.2) is 0 Å². The number of aryl methyl sites for hydroxylation is 1. The topological polar surface area (TPSA) is 46.6 Å². The fraction of sp³-hybridized carbons (Fsp3) is 0.200. The molecule has 0 saturated carbocycles. The lowest BCUT2D eigenvalue weighted by molar-refractivity contribution is -0.138. The first kappa shape index (κ1) is 20.1. The van der Waals surface area contributed by atoms with Crippen LogP contribution < -0.4 is 4.74 Å². The lowest BCUT2D eigenvalue weighted by Gasteiger charge is -2.24. The van der Waals surface area contributed by atoms with Gasteiger partial charge in [-0.25, -0.2) is 0 Å². The third kappa shape index (κ3) is 3.81. The summed E-state index contributed by atoms with van der Waals surface area (Å²) in [4.78, 5) is 28.1. The number of hydrogen-bond acceptors (Lipinski definition) is 4. The SMILES string of the molecule is COc1cc(/C=C/C(=O)N2CCC=C(c3cc4ccccc4s3)C2=O)cc(C)c1C. The lowest BCUT2D eigenvalue weighted by Crippen LogP contribution is -2.39. The zero-order valence-electron chi connectivity index (χ0n) is 17.3. The van der Waals surface area contributed by atoms with Gasteiger partial charge in [0.05, 0.1) is 12.7 Å². The van der Waals surface area contributed by atoms with E-state index in [0.29, 0.717) is 18.5 Å². The van der Waals surface area contributed by atoms with E-state index in [2.05, 4.69) is 0 Å². The first-order valence-electron chi connectivity index (χ1n) is 9.86. The van der Waals surface area contributed by atoms with Crippen LogP contribution >= 0.6 is 11.3 Å². The van der Waals surface area contributed by atoms with Crippen LogP contribution in [0.25, 0.3) is 21.7 Å². The first-order chi connectivity index (χ1) is 14.5. The summed E-state index contributed by atoms with van der Waals surface area (Å²) in [6, 6.07) is 14.0. The van der Waals surface area contributed by atoms with E-state index in [0.717, 1.165) is 37.4 Å². The van der Waals surface area contributed by atoms with Gasteiger partial charge in [0.1, 0.15) is 5.75 Å². The van der Waals surface area contributed by atoms with Crippen molar-refractivity contribution in [2.24, 2.45) is 0 Å². The van der Waals surface area contributed by atoms with Crippen LogP contribution in [0.2, 0.25) is 0 Å². The Morgan fingerprint density at radius 2 is 1.97 bits per heavy atom. The van der Waals surface area contributed by atoms with Gasteiger partial charge in [0, 0.05) is 22.2 Å². The largest absolute Gasteiger partial charge is 0.496 e. The van der Waals surface area contributed by atoms with Crippen molar-refractivity contribution in [3.63, 3.8) is 0 Å². The zero-order chi connectivity index (χ0) is 21.3. The average molecular weight is 418 g/mol. The summed E-state index contributed by atoms with van der Waals surface area (Å²) in [5.41, 5.74) is 3.64. The molecule has 1 aliphatic heterocycles. The molecule has 152 valence electrons. The van der Waals surface area contributed by atoms with Gasteiger partial charge in [0.25, 0.3) is 11.8 Å². The number of nitrogens with zero attached hydrogens (tertiary/aromatic N) is 1. The highest BCUT2D eigenvalue weighted by Gasteiger charge is 2.27. The minimum Gasteiger partial charge on any atom is -0.496 e. The van der Waals surface area contributed by atoms with E-state index < -0.39 is 0 Å². The molecule has 3 aromatic rings. The Labute approximate surface area is 180 Å². The van der Waals surface area contributed by atoms with Crippen LogP contribution in [0.3, 0.4) is 0 Å². The van der Waals surface area contributed by atoms with Crippen molar-refractivity contribution in [1.29, 1.82) is 0 Å². The first-order valence-corrected chi connectivity index (χ1v) is 10.7. The van der Waals surface area contributed by atoms with Gasteiger partial charge in [0.2, 0.25) is 0 Å². The number of carbonyl (C=O) groups is 2. The molecule has 0 aliphatic carbocycles. The molecule has 2 heterocycles. The molecule has 0 saturated heterocycles. The summed E-state index contributed by atoms with van der Waals surface area (Å²) in [7, 11) is 1.63. The molecule has 0 spiro atoms. The Morgan fingerprint density at radius 1 is 1.17 bits per heavy atom. The van der Waals surface area contributed by atoms with Gasteiger partial charge in [-0.2, -0.15) is 0 Å². The Morgan fingerprint density at radius 3 is 2.73 bits per heavy atom. The summed E-state index contributed by atoms with van der Waals surface area (Å²) < 4.78 is 6.54. The maximum absolute atomic E-state index is 13.0. The Kier molecular flexibility index (Phi) is 5.55. The van der Waals surface area contributed by atoms with E-state index in [1.54, 1.807) is 24.5 Å². The summed E-state index contributed by atoms with van der Waals surface area (Å²) >= 11 is 1.58. The van der Waals surface area contributed by atoms with Gasteiger partial charge in [-0.15, -0.1) is 11.3 Å². The number of rotatable bonds is 4. The third-order valence-corrected chi connectivity index (χ3v) is 6.56. The number of methoxy groups -OCH3 is 1. The molecule has 2 amide bonds. The molecule has 0 bridgehead atoms. The predicted molar refractivity (Wildman–Crippen MR) is 123 cm³/mol. The number of carbonyl (C=O) groups excluding carboxylic acids is 2. The van der Waals surface area contributed by atoms with Crippen molar-refractivity contribution in [2.75, 3.05) is 13.7 Å². The number of amides is 2. The molecule has 1 aromatic heterocycles. The molecule has 0 N–H and O–H groups in total. The molecule has 4 nitrogen and oxygen atoms in total. The van der Waals surface area contributed by atoms with E-state index in [-0.39, 0.29) is 11.8 Å². The molecule has 0 fully saturated rings. The average Bonchev–Trinajstić information content (AvgIpc) is 3.18. The van der Waals surface area contributed by atoms with Crippen LogP contribution in [0, 0.1) is 13.8 Å². The Bertz CT molecular complexity index is 1170. The molecule has 0 atom stereocenters. The van der Waals surface area contributed by atoms with E-state index in [9.17, 15) is 9.59 Å². The lowest BCUT2D eigenvalue weighted by atomic mass is 10.0. The monoisotopic (exact) mass is 417 g/mol. The van der Waals surface area contributed by atoms with E-state index >= 15 is 0 Å². The molecule has 5 heteroatoms. The van der Waals surface area contributed by atoms with E-state index in [4.69, 9.17) is 4.74 Å². The molecule has 0 radical (unpaired) electrons. The second-order valence-electron chi connectivity index (χ2n) is 7.35. The highest BCUT2D eigenvalue weighted by molar-refractivity contribution is 7.20. The second kappa shape index (κ2) is 8.28. The predicted octanol–water partition coefficient (Wildman–Crippen LogP) is 5.38. The van der Waals surface area contributed by atoms with Crippen LogP contribution in [-0.2, 0) is 9.59 Å². The van der Waals surface area contributed by atoms with Crippen LogP contribution in [-0.4, -0.2) is 30.4 Å². The molecule has 30 heavy (non-hydrogen) atoms. The molecule has 4 rings (SSSR count). The van der Waals surface area contributed by atoms with Gasteiger partial charge < -0.3 is 4.74 Å². The highest BCUT2D eigenvalue weighted by Crippen LogP contribution is 2.33.